The zero-order chi connectivity index (χ0) is 17.1. The molecule has 0 spiro atoms. The lowest BCUT2D eigenvalue weighted by Gasteiger charge is -2.21. The fourth-order valence-electron chi connectivity index (χ4n) is 2.34. The second-order valence-corrected chi connectivity index (χ2v) is 7.04. The van der Waals surface area contributed by atoms with Crippen LogP contribution in [-0.4, -0.2) is 34.8 Å². The zero-order valence-corrected chi connectivity index (χ0v) is 15.4. The van der Waals surface area contributed by atoms with Gasteiger partial charge in [0.25, 0.3) is 0 Å². The maximum Gasteiger partial charge on any atom is 0.245 e. The van der Waals surface area contributed by atoms with Crippen LogP contribution in [0.1, 0.15) is 63.7 Å². The van der Waals surface area contributed by atoms with Crippen LogP contribution in [-0.2, 0) is 9.59 Å². The fraction of sp³-hybridized carbons (Fsp3) is 0.706. The van der Waals surface area contributed by atoms with Crippen LogP contribution >= 0.6 is 11.3 Å². The number of rotatable bonds is 11. The Morgan fingerprint density at radius 1 is 1.17 bits per heavy atom. The van der Waals surface area contributed by atoms with Gasteiger partial charge in [0.15, 0.2) is 5.13 Å². The highest BCUT2D eigenvalue weighted by atomic mass is 32.1. The third-order valence-corrected chi connectivity index (χ3v) is 4.37. The largest absolute Gasteiger partial charge is 0.333 e. The first kappa shape index (κ1) is 19.6. The van der Waals surface area contributed by atoms with Gasteiger partial charge in [-0.25, -0.2) is 4.98 Å². The molecule has 1 aromatic rings. The Labute approximate surface area is 143 Å². The molecule has 5 nitrogen and oxygen atoms in total. The summed E-state index contributed by atoms with van der Waals surface area (Å²) in [6.45, 7) is 6.87. The first-order chi connectivity index (χ1) is 11.1. The number of aryl methyl sites for hydroxylation is 1. The van der Waals surface area contributed by atoms with Crippen LogP contribution in [0.2, 0.25) is 0 Å². The number of aromatic nitrogens is 1. The number of nitrogens with one attached hydrogen (secondary N) is 1. The standard InChI is InChI=1S/C17H29N3O2S/c1-4-6-7-8-9-10-16(22)20(11-5-2)13-15(21)19-17-18-12-14(3)23-17/h12H,4-11,13H2,1-3H3,(H,18,19,21). The fourth-order valence-corrected chi connectivity index (χ4v) is 3.03. The summed E-state index contributed by atoms with van der Waals surface area (Å²) in [6, 6.07) is 0. The van der Waals surface area contributed by atoms with Crippen LogP contribution in [0.5, 0.6) is 0 Å². The molecule has 1 rings (SSSR count). The van der Waals surface area contributed by atoms with Crippen LogP contribution in [0.4, 0.5) is 5.13 Å². The highest BCUT2D eigenvalue weighted by Crippen LogP contribution is 2.16. The Kier molecular flexibility index (Phi) is 9.52. The molecule has 23 heavy (non-hydrogen) atoms. The van der Waals surface area contributed by atoms with Crippen molar-refractivity contribution in [1.82, 2.24) is 9.88 Å². The highest BCUT2D eigenvalue weighted by molar-refractivity contribution is 7.15. The van der Waals surface area contributed by atoms with E-state index in [1.807, 2.05) is 13.8 Å². The van der Waals surface area contributed by atoms with Gasteiger partial charge < -0.3 is 10.2 Å². The lowest BCUT2D eigenvalue weighted by molar-refractivity contribution is -0.134. The summed E-state index contributed by atoms with van der Waals surface area (Å²) in [5.74, 6) is -0.0963. The normalized spacial score (nSPS) is 10.6. The topological polar surface area (TPSA) is 62.3 Å². The van der Waals surface area contributed by atoms with Gasteiger partial charge in [-0.15, -0.1) is 11.3 Å². The molecule has 0 aromatic carbocycles. The van der Waals surface area contributed by atoms with Crippen LogP contribution in [0.15, 0.2) is 6.20 Å². The van der Waals surface area contributed by atoms with Crippen LogP contribution < -0.4 is 5.32 Å². The molecule has 1 N–H and O–H groups in total. The quantitative estimate of drug-likeness (QED) is 0.620. The number of amides is 2. The molecule has 0 aliphatic heterocycles. The smallest absolute Gasteiger partial charge is 0.245 e. The molecule has 1 aromatic heterocycles. The average Bonchev–Trinajstić information content (AvgIpc) is 2.91. The lowest BCUT2D eigenvalue weighted by atomic mass is 10.1. The van der Waals surface area contributed by atoms with Crippen molar-refractivity contribution >= 4 is 28.3 Å². The number of hydrogen-bond donors (Lipinski definition) is 1. The Morgan fingerprint density at radius 2 is 1.91 bits per heavy atom. The highest BCUT2D eigenvalue weighted by Gasteiger charge is 2.16. The van der Waals surface area contributed by atoms with Crippen molar-refractivity contribution in [3.05, 3.63) is 11.1 Å². The average molecular weight is 340 g/mol. The van der Waals surface area contributed by atoms with Crippen molar-refractivity contribution in [3.8, 4) is 0 Å². The first-order valence-corrected chi connectivity index (χ1v) is 9.38. The molecule has 0 fully saturated rings. The van der Waals surface area contributed by atoms with Gasteiger partial charge in [-0.2, -0.15) is 0 Å². The van der Waals surface area contributed by atoms with Crippen LogP contribution in [0, 0.1) is 6.92 Å². The third-order valence-electron chi connectivity index (χ3n) is 3.54. The van der Waals surface area contributed by atoms with Crippen LogP contribution in [0.3, 0.4) is 0 Å². The van der Waals surface area contributed by atoms with E-state index >= 15 is 0 Å². The maximum atomic E-state index is 12.3. The third kappa shape index (κ3) is 8.11. The molecule has 130 valence electrons. The molecule has 0 atom stereocenters. The molecule has 0 radical (unpaired) electrons. The number of hydrogen-bond acceptors (Lipinski definition) is 4. The zero-order valence-electron chi connectivity index (χ0n) is 14.6. The molecule has 1 heterocycles. The van der Waals surface area contributed by atoms with E-state index in [1.165, 1.54) is 30.6 Å². The van der Waals surface area contributed by atoms with Crippen molar-refractivity contribution in [2.45, 2.75) is 65.7 Å². The molecule has 0 unspecified atom stereocenters. The molecular weight excluding hydrogens is 310 g/mol. The van der Waals surface area contributed by atoms with Crippen molar-refractivity contribution in [2.75, 3.05) is 18.4 Å². The minimum Gasteiger partial charge on any atom is -0.333 e. The van der Waals surface area contributed by atoms with Crippen molar-refractivity contribution in [3.63, 3.8) is 0 Å². The van der Waals surface area contributed by atoms with Crippen molar-refractivity contribution < 1.29 is 9.59 Å². The summed E-state index contributed by atoms with van der Waals surface area (Å²) in [4.78, 5) is 31.2. The molecule has 0 aliphatic carbocycles. The Bertz CT molecular complexity index is 488. The van der Waals surface area contributed by atoms with E-state index in [4.69, 9.17) is 0 Å². The first-order valence-electron chi connectivity index (χ1n) is 8.56. The lowest BCUT2D eigenvalue weighted by Crippen LogP contribution is -2.38. The van der Waals surface area contributed by atoms with Gasteiger partial charge in [0.1, 0.15) is 0 Å². The van der Waals surface area contributed by atoms with Crippen molar-refractivity contribution in [2.24, 2.45) is 0 Å². The van der Waals surface area contributed by atoms with Gasteiger partial charge in [0.2, 0.25) is 11.8 Å². The van der Waals surface area contributed by atoms with Gasteiger partial charge in [-0.1, -0.05) is 39.5 Å². The Balaban J connectivity index is 2.40. The van der Waals surface area contributed by atoms with Crippen LogP contribution in [0.25, 0.3) is 0 Å². The van der Waals surface area contributed by atoms with Gasteiger partial charge in [0, 0.05) is 24.0 Å². The molecule has 2 amide bonds. The monoisotopic (exact) mass is 339 g/mol. The number of anilines is 1. The molecule has 0 saturated carbocycles. The van der Waals surface area contributed by atoms with E-state index in [0.717, 1.165) is 24.1 Å². The molecular formula is C17H29N3O2S. The van der Waals surface area contributed by atoms with E-state index in [9.17, 15) is 9.59 Å². The number of thiazole rings is 1. The molecule has 0 aliphatic rings. The van der Waals surface area contributed by atoms with E-state index in [1.54, 1.807) is 11.1 Å². The number of nitrogens with zero attached hydrogens (tertiary/aromatic N) is 2. The van der Waals surface area contributed by atoms with E-state index in [2.05, 4.69) is 17.2 Å². The SMILES string of the molecule is CCCCCCCC(=O)N(CCC)CC(=O)Nc1ncc(C)s1. The predicted molar refractivity (Wildman–Crippen MR) is 95.7 cm³/mol. The van der Waals surface area contributed by atoms with Gasteiger partial charge in [0.05, 0.1) is 6.54 Å². The molecule has 0 bridgehead atoms. The minimum absolute atomic E-state index is 0.0776. The summed E-state index contributed by atoms with van der Waals surface area (Å²) in [5, 5.41) is 3.36. The summed E-state index contributed by atoms with van der Waals surface area (Å²) < 4.78 is 0. The van der Waals surface area contributed by atoms with Gasteiger partial charge in [-0.05, 0) is 19.8 Å². The Hall–Kier alpha value is -1.43. The number of carbonyl (C=O) groups excluding carboxylic acids is 2. The van der Waals surface area contributed by atoms with Gasteiger partial charge >= 0.3 is 0 Å². The van der Waals surface area contributed by atoms with E-state index in [0.29, 0.717) is 18.1 Å². The predicted octanol–water partition coefficient (Wildman–Crippen LogP) is 3.99. The van der Waals surface area contributed by atoms with Gasteiger partial charge in [-0.3, -0.25) is 9.59 Å². The number of unbranched alkanes of at least 4 members (excludes halogenated alkanes) is 4. The second kappa shape index (κ2) is 11.2. The van der Waals surface area contributed by atoms with Crippen molar-refractivity contribution in [1.29, 1.82) is 0 Å². The summed E-state index contributed by atoms with van der Waals surface area (Å²) in [6.07, 6.45) is 8.72. The summed E-state index contributed by atoms with van der Waals surface area (Å²) in [5.41, 5.74) is 0. The minimum atomic E-state index is -0.174. The summed E-state index contributed by atoms with van der Waals surface area (Å²) >= 11 is 1.44. The Morgan fingerprint density at radius 3 is 2.52 bits per heavy atom. The summed E-state index contributed by atoms with van der Waals surface area (Å²) in [7, 11) is 0. The van der Waals surface area contributed by atoms with E-state index < -0.39 is 0 Å². The maximum absolute atomic E-state index is 12.3. The number of carbonyl (C=O) groups is 2. The van der Waals surface area contributed by atoms with E-state index in [-0.39, 0.29) is 18.4 Å². The molecule has 0 saturated heterocycles. The second-order valence-electron chi connectivity index (χ2n) is 5.80. The molecule has 6 heteroatoms.